The van der Waals surface area contributed by atoms with Gasteiger partial charge in [-0.3, -0.25) is 4.79 Å². The van der Waals surface area contributed by atoms with Gasteiger partial charge in [0.25, 0.3) is 0 Å². The Morgan fingerprint density at radius 2 is 1.76 bits per heavy atom. The quantitative estimate of drug-likeness (QED) is 0.602. The number of fused-ring (bicyclic) bond motifs is 1. The van der Waals surface area contributed by atoms with Crippen molar-refractivity contribution < 1.29 is 13.6 Å². The number of nitrogens with zero attached hydrogens (tertiary/aromatic N) is 2. The van der Waals surface area contributed by atoms with Crippen molar-refractivity contribution in [3.8, 4) is 0 Å². The fourth-order valence-corrected chi connectivity index (χ4v) is 6.16. The number of halogens is 2. The molecule has 33 heavy (non-hydrogen) atoms. The number of H-pyrrole nitrogens is 1. The molecule has 1 aromatic heterocycles. The van der Waals surface area contributed by atoms with Crippen LogP contribution in [0.15, 0.2) is 30.5 Å². The first-order chi connectivity index (χ1) is 16.1. The summed E-state index contributed by atoms with van der Waals surface area (Å²) in [6, 6.07) is 7.00. The Hall–Kier alpha value is -2.73. The predicted octanol–water partition coefficient (Wildman–Crippen LogP) is 5.09. The van der Waals surface area contributed by atoms with Crippen molar-refractivity contribution in [1.82, 2.24) is 9.88 Å². The number of likely N-dealkylation sites (tertiary alicyclic amines) is 1. The Morgan fingerprint density at radius 1 is 0.970 bits per heavy atom. The monoisotopic (exact) mass is 449 g/mol. The highest BCUT2D eigenvalue weighted by Crippen LogP contribution is 2.37. The molecule has 1 fully saturated rings. The minimum Gasteiger partial charge on any atom is -0.361 e. The van der Waals surface area contributed by atoms with Gasteiger partial charge in [0.2, 0.25) is 5.91 Å². The molecule has 0 saturated carbocycles. The number of carbonyl (C=O) groups excluding carboxylic acids is 1. The topological polar surface area (TPSA) is 39.3 Å². The Kier molecular flexibility index (Phi) is 5.21. The van der Waals surface area contributed by atoms with E-state index < -0.39 is 11.6 Å². The molecule has 1 amide bonds. The summed E-state index contributed by atoms with van der Waals surface area (Å²) in [6.07, 6.45) is 8.45. The fourth-order valence-electron chi connectivity index (χ4n) is 6.16. The molecule has 0 unspecified atom stereocenters. The summed E-state index contributed by atoms with van der Waals surface area (Å²) in [5.74, 6) is -0.440. The van der Waals surface area contributed by atoms with Gasteiger partial charge in [-0.2, -0.15) is 0 Å². The van der Waals surface area contributed by atoms with Gasteiger partial charge in [0.1, 0.15) is 11.6 Å². The Balaban J connectivity index is 1.11. The third-order valence-corrected chi connectivity index (χ3v) is 7.81. The third kappa shape index (κ3) is 3.74. The van der Waals surface area contributed by atoms with Crippen LogP contribution in [0.5, 0.6) is 0 Å². The minimum absolute atomic E-state index is 0.277. The zero-order valence-corrected chi connectivity index (χ0v) is 18.8. The van der Waals surface area contributed by atoms with Crippen LogP contribution in [0.3, 0.4) is 0 Å². The van der Waals surface area contributed by atoms with Crippen molar-refractivity contribution >= 4 is 22.5 Å². The number of aryl methyl sites for hydroxylation is 2. The van der Waals surface area contributed by atoms with Crippen molar-refractivity contribution in [2.75, 3.05) is 31.1 Å². The second-order valence-corrected chi connectivity index (χ2v) is 9.83. The van der Waals surface area contributed by atoms with Gasteiger partial charge in [0.05, 0.1) is 11.2 Å². The van der Waals surface area contributed by atoms with Crippen LogP contribution < -0.4 is 4.90 Å². The summed E-state index contributed by atoms with van der Waals surface area (Å²) >= 11 is 0. The highest BCUT2D eigenvalue weighted by Gasteiger charge is 2.30. The van der Waals surface area contributed by atoms with Gasteiger partial charge in [0.15, 0.2) is 0 Å². The molecule has 0 spiro atoms. The molecule has 3 aromatic rings. The molecule has 3 aliphatic rings. The minimum atomic E-state index is -0.543. The summed E-state index contributed by atoms with van der Waals surface area (Å²) in [6.45, 7) is 3.85. The SMILES string of the molecule is O=C1CCc2cc(CCN3CCC(c4c[nH]c5cc(F)cc(F)c45)CC3)cc3c2N1CCC3. The first kappa shape index (κ1) is 20.8. The van der Waals surface area contributed by atoms with Gasteiger partial charge < -0.3 is 14.8 Å². The van der Waals surface area contributed by atoms with E-state index in [2.05, 4.69) is 22.0 Å². The Labute approximate surface area is 192 Å². The van der Waals surface area contributed by atoms with Gasteiger partial charge >= 0.3 is 0 Å². The number of hydrogen-bond donors (Lipinski definition) is 1. The van der Waals surface area contributed by atoms with Crippen molar-refractivity contribution in [1.29, 1.82) is 0 Å². The molecular weight excluding hydrogens is 420 g/mol. The molecule has 4 heterocycles. The lowest BCUT2D eigenvalue weighted by Gasteiger charge is -2.36. The van der Waals surface area contributed by atoms with Crippen LogP contribution in [0.2, 0.25) is 0 Å². The van der Waals surface area contributed by atoms with E-state index >= 15 is 0 Å². The van der Waals surface area contributed by atoms with E-state index in [1.807, 2.05) is 11.1 Å². The molecule has 0 bridgehead atoms. The molecule has 1 saturated heterocycles. The molecule has 1 N–H and O–H groups in total. The number of amides is 1. The molecule has 0 atom stereocenters. The first-order valence-electron chi connectivity index (χ1n) is 12.2. The molecule has 6 heteroatoms. The van der Waals surface area contributed by atoms with E-state index in [1.54, 1.807) is 0 Å². The van der Waals surface area contributed by atoms with Crippen molar-refractivity contribution in [2.24, 2.45) is 0 Å². The second kappa shape index (κ2) is 8.24. The zero-order valence-electron chi connectivity index (χ0n) is 18.8. The maximum absolute atomic E-state index is 14.4. The normalized spacial score (nSPS) is 19.3. The van der Waals surface area contributed by atoms with Crippen LogP contribution >= 0.6 is 0 Å². The van der Waals surface area contributed by atoms with E-state index in [0.717, 1.165) is 76.3 Å². The average Bonchev–Trinajstić information content (AvgIpc) is 3.24. The van der Waals surface area contributed by atoms with Gasteiger partial charge in [0, 0.05) is 37.2 Å². The lowest BCUT2D eigenvalue weighted by Crippen LogP contribution is -2.39. The summed E-state index contributed by atoms with van der Waals surface area (Å²) in [7, 11) is 0. The number of rotatable bonds is 4. The van der Waals surface area contributed by atoms with Crippen molar-refractivity contribution in [2.45, 2.75) is 50.9 Å². The molecule has 2 aromatic carbocycles. The molecule has 6 rings (SSSR count). The van der Waals surface area contributed by atoms with Crippen LogP contribution in [0.1, 0.15) is 53.9 Å². The van der Waals surface area contributed by atoms with E-state index in [-0.39, 0.29) is 5.91 Å². The van der Waals surface area contributed by atoms with Crippen LogP contribution in [-0.2, 0) is 24.1 Å². The highest BCUT2D eigenvalue weighted by molar-refractivity contribution is 5.97. The van der Waals surface area contributed by atoms with E-state index in [4.69, 9.17) is 0 Å². The Bertz CT molecular complexity index is 1210. The number of anilines is 1. The Morgan fingerprint density at radius 3 is 2.58 bits per heavy atom. The van der Waals surface area contributed by atoms with Crippen LogP contribution in [0.4, 0.5) is 14.5 Å². The molecule has 4 nitrogen and oxygen atoms in total. The number of hydrogen-bond acceptors (Lipinski definition) is 2. The standard InChI is InChI=1S/C27H29F2N3O/c28-21-14-23(29)26-22(16-30-24(26)15-21)18-6-10-31(11-7-18)9-5-17-12-19-2-1-8-32-25(33)4-3-20(13-17)27(19)32/h12-16,18,30H,1-11H2. The number of nitrogens with one attached hydrogen (secondary N) is 1. The highest BCUT2D eigenvalue weighted by atomic mass is 19.1. The van der Waals surface area contributed by atoms with Crippen LogP contribution in [0.25, 0.3) is 10.9 Å². The number of piperidine rings is 1. The number of carbonyl (C=O) groups is 1. The summed E-state index contributed by atoms with van der Waals surface area (Å²) in [5.41, 5.74) is 6.80. The summed E-state index contributed by atoms with van der Waals surface area (Å²) < 4.78 is 27.9. The van der Waals surface area contributed by atoms with Gasteiger partial charge in [-0.05, 0) is 85.9 Å². The zero-order chi connectivity index (χ0) is 22.5. The lowest BCUT2D eigenvalue weighted by atomic mass is 9.88. The predicted molar refractivity (Wildman–Crippen MR) is 126 cm³/mol. The summed E-state index contributed by atoms with van der Waals surface area (Å²) in [4.78, 5) is 19.9. The van der Waals surface area contributed by atoms with Crippen molar-refractivity contribution in [3.05, 3.63) is 64.4 Å². The largest absolute Gasteiger partial charge is 0.361 e. The summed E-state index contributed by atoms with van der Waals surface area (Å²) in [5, 5.41) is 0.547. The number of aromatic nitrogens is 1. The first-order valence-corrected chi connectivity index (χ1v) is 12.2. The van der Waals surface area contributed by atoms with Crippen LogP contribution in [0, 0.1) is 11.6 Å². The molecular formula is C27H29F2N3O. The number of benzene rings is 2. The third-order valence-electron chi connectivity index (χ3n) is 7.81. The number of aromatic amines is 1. The average molecular weight is 450 g/mol. The molecule has 0 aliphatic carbocycles. The maximum atomic E-state index is 14.4. The van der Waals surface area contributed by atoms with E-state index in [9.17, 15) is 13.6 Å². The smallest absolute Gasteiger partial charge is 0.227 e. The maximum Gasteiger partial charge on any atom is 0.227 e. The van der Waals surface area contributed by atoms with E-state index in [0.29, 0.717) is 23.2 Å². The van der Waals surface area contributed by atoms with E-state index in [1.165, 1.54) is 28.4 Å². The van der Waals surface area contributed by atoms with Gasteiger partial charge in [-0.15, -0.1) is 0 Å². The lowest BCUT2D eigenvalue weighted by molar-refractivity contribution is -0.119. The fraction of sp³-hybridized carbons (Fsp3) is 0.444. The van der Waals surface area contributed by atoms with Crippen molar-refractivity contribution in [3.63, 3.8) is 0 Å². The second-order valence-electron chi connectivity index (χ2n) is 9.83. The van der Waals surface area contributed by atoms with Crippen LogP contribution in [-0.4, -0.2) is 42.0 Å². The molecule has 172 valence electrons. The molecule has 3 aliphatic heterocycles. The van der Waals surface area contributed by atoms with Gasteiger partial charge in [-0.25, -0.2) is 8.78 Å². The van der Waals surface area contributed by atoms with Gasteiger partial charge in [-0.1, -0.05) is 12.1 Å². The molecule has 0 radical (unpaired) electrons.